The van der Waals surface area contributed by atoms with Gasteiger partial charge in [-0.1, -0.05) is 17.3 Å². The molecule has 1 atom stereocenters. The molecule has 0 fully saturated rings. The van der Waals surface area contributed by atoms with Gasteiger partial charge in [0, 0.05) is 4.90 Å². The summed E-state index contributed by atoms with van der Waals surface area (Å²) in [4.78, 5) is 1.17. The molecule has 0 bridgehead atoms. The third kappa shape index (κ3) is 2.23. The van der Waals surface area contributed by atoms with E-state index >= 15 is 0 Å². The van der Waals surface area contributed by atoms with Crippen molar-refractivity contribution in [1.82, 2.24) is 15.0 Å². The van der Waals surface area contributed by atoms with E-state index in [1.165, 1.54) is 4.90 Å². The zero-order chi connectivity index (χ0) is 11.5. The number of thioether (sulfide) groups is 1. The molecule has 0 spiro atoms. The molecular formula is C11H12ClN3S. The Kier molecular flexibility index (Phi) is 3.51. The number of halogens is 1. The maximum Gasteiger partial charge on any atom is 0.101 e. The maximum atomic E-state index is 5.96. The quantitative estimate of drug-likeness (QED) is 0.621. The second-order valence-electron chi connectivity index (χ2n) is 3.38. The minimum Gasteiger partial charge on any atom is -0.219 e. The molecule has 16 heavy (non-hydrogen) atoms. The van der Waals surface area contributed by atoms with E-state index in [9.17, 15) is 0 Å². The summed E-state index contributed by atoms with van der Waals surface area (Å²) in [5.74, 6) is 0. The van der Waals surface area contributed by atoms with Crippen molar-refractivity contribution >= 4 is 23.4 Å². The first-order valence-electron chi connectivity index (χ1n) is 4.92. The maximum absolute atomic E-state index is 5.96. The number of aromatic nitrogens is 3. The predicted molar refractivity (Wildman–Crippen MR) is 67.4 cm³/mol. The van der Waals surface area contributed by atoms with Crippen LogP contribution in [-0.4, -0.2) is 21.2 Å². The van der Waals surface area contributed by atoms with Gasteiger partial charge in [0.25, 0.3) is 0 Å². The van der Waals surface area contributed by atoms with Gasteiger partial charge < -0.3 is 0 Å². The van der Waals surface area contributed by atoms with Crippen LogP contribution in [0.15, 0.2) is 35.4 Å². The number of nitrogens with zero attached hydrogens (tertiary/aromatic N) is 3. The first-order valence-corrected chi connectivity index (χ1v) is 6.58. The monoisotopic (exact) mass is 253 g/mol. The largest absolute Gasteiger partial charge is 0.219 e. The smallest absolute Gasteiger partial charge is 0.101 e. The van der Waals surface area contributed by atoms with Crippen molar-refractivity contribution in [3.8, 4) is 5.69 Å². The summed E-state index contributed by atoms with van der Waals surface area (Å²) in [5.41, 5.74) is 1.82. The standard InChI is InChI=1S/C11H12ClN3S/c1-8(12)9-7-15(14-13-9)10-5-3-4-6-11(10)16-2/h3-8H,1-2H3. The number of para-hydroxylation sites is 1. The Hall–Kier alpha value is -1.00. The SMILES string of the molecule is CSc1ccccc1-n1cc(C(C)Cl)nn1. The van der Waals surface area contributed by atoms with Crippen molar-refractivity contribution in [1.29, 1.82) is 0 Å². The summed E-state index contributed by atoms with van der Waals surface area (Å²) >= 11 is 7.64. The van der Waals surface area contributed by atoms with Crippen LogP contribution in [0, 0.1) is 0 Å². The normalized spacial score (nSPS) is 12.7. The van der Waals surface area contributed by atoms with Gasteiger partial charge in [0.1, 0.15) is 5.69 Å². The molecule has 0 aliphatic carbocycles. The third-order valence-electron chi connectivity index (χ3n) is 2.25. The van der Waals surface area contributed by atoms with E-state index in [0.29, 0.717) is 0 Å². The highest BCUT2D eigenvalue weighted by atomic mass is 35.5. The fourth-order valence-electron chi connectivity index (χ4n) is 1.40. The molecule has 0 N–H and O–H groups in total. The number of hydrogen-bond acceptors (Lipinski definition) is 3. The molecule has 0 aliphatic heterocycles. The summed E-state index contributed by atoms with van der Waals surface area (Å²) < 4.78 is 1.76. The Morgan fingerprint density at radius 2 is 2.12 bits per heavy atom. The summed E-state index contributed by atoms with van der Waals surface area (Å²) in [6.07, 6.45) is 3.91. The Balaban J connectivity index is 2.42. The minimum absolute atomic E-state index is 0.116. The molecule has 0 radical (unpaired) electrons. The van der Waals surface area contributed by atoms with E-state index in [0.717, 1.165) is 11.4 Å². The molecule has 0 aliphatic rings. The summed E-state index contributed by atoms with van der Waals surface area (Å²) in [5, 5.41) is 8.01. The highest BCUT2D eigenvalue weighted by Gasteiger charge is 2.09. The molecule has 1 aromatic heterocycles. The molecule has 84 valence electrons. The second kappa shape index (κ2) is 4.89. The van der Waals surface area contributed by atoms with Gasteiger partial charge in [-0.2, -0.15) is 0 Å². The van der Waals surface area contributed by atoms with Crippen LogP contribution in [0.4, 0.5) is 0 Å². The van der Waals surface area contributed by atoms with Crippen molar-refractivity contribution < 1.29 is 0 Å². The lowest BCUT2D eigenvalue weighted by Gasteiger charge is -2.05. The van der Waals surface area contributed by atoms with E-state index in [-0.39, 0.29) is 5.38 Å². The minimum atomic E-state index is -0.116. The van der Waals surface area contributed by atoms with Gasteiger partial charge in [-0.15, -0.1) is 28.5 Å². The zero-order valence-electron chi connectivity index (χ0n) is 9.09. The van der Waals surface area contributed by atoms with Crippen LogP contribution in [0.25, 0.3) is 5.69 Å². The molecule has 1 aromatic carbocycles. The number of hydrogen-bond donors (Lipinski definition) is 0. The van der Waals surface area contributed by atoms with Gasteiger partial charge in [0.15, 0.2) is 0 Å². The Bertz CT molecular complexity index is 482. The molecular weight excluding hydrogens is 242 g/mol. The lowest BCUT2D eigenvalue weighted by atomic mass is 10.3. The van der Waals surface area contributed by atoms with Crippen LogP contribution in [0.2, 0.25) is 0 Å². The Morgan fingerprint density at radius 3 is 2.75 bits per heavy atom. The third-order valence-corrected chi connectivity index (χ3v) is 3.26. The van der Waals surface area contributed by atoms with Crippen molar-refractivity contribution in [2.24, 2.45) is 0 Å². The molecule has 0 saturated heterocycles. The Labute approximate surface area is 104 Å². The van der Waals surface area contributed by atoms with E-state index in [2.05, 4.69) is 16.4 Å². The van der Waals surface area contributed by atoms with Crippen LogP contribution in [0.3, 0.4) is 0 Å². The molecule has 1 heterocycles. The average Bonchev–Trinajstić information content (AvgIpc) is 2.78. The topological polar surface area (TPSA) is 30.7 Å². The lowest BCUT2D eigenvalue weighted by Crippen LogP contribution is -1.96. The fourth-order valence-corrected chi connectivity index (χ4v) is 2.08. The van der Waals surface area contributed by atoms with Crippen molar-refractivity contribution in [2.75, 3.05) is 6.26 Å². The molecule has 0 saturated carbocycles. The summed E-state index contributed by atoms with van der Waals surface area (Å²) in [6.45, 7) is 1.89. The highest BCUT2D eigenvalue weighted by molar-refractivity contribution is 7.98. The van der Waals surface area contributed by atoms with Crippen LogP contribution in [0.1, 0.15) is 18.0 Å². The molecule has 0 amide bonds. The van der Waals surface area contributed by atoms with Gasteiger partial charge in [-0.3, -0.25) is 0 Å². The Morgan fingerprint density at radius 1 is 1.38 bits per heavy atom. The highest BCUT2D eigenvalue weighted by Crippen LogP contribution is 2.24. The number of benzene rings is 1. The van der Waals surface area contributed by atoms with E-state index in [4.69, 9.17) is 11.6 Å². The zero-order valence-corrected chi connectivity index (χ0v) is 10.7. The molecule has 5 heteroatoms. The van der Waals surface area contributed by atoms with Gasteiger partial charge in [0.2, 0.25) is 0 Å². The van der Waals surface area contributed by atoms with Crippen molar-refractivity contribution in [3.63, 3.8) is 0 Å². The number of rotatable bonds is 3. The second-order valence-corrected chi connectivity index (χ2v) is 4.88. The van der Waals surface area contributed by atoms with Crippen molar-refractivity contribution in [2.45, 2.75) is 17.2 Å². The van der Waals surface area contributed by atoms with Crippen LogP contribution in [0.5, 0.6) is 0 Å². The van der Waals surface area contributed by atoms with Gasteiger partial charge in [-0.25, -0.2) is 4.68 Å². The summed E-state index contributed by atoms with van der Waals surface area (Å²) in [7, 11) is 0. The molecule has 3 nitrogen and oxygen atoms in total. The predicted octanol–water partition coefficient (Wildman–Crippen LogP) is 3.29. The van der Waals surface area contributed by atoms with Gasteiger partial charge in [0.05, 0.1) is 17.3 Å². The first kappa shape index (κ1) is 11.5. The van der Waals surface area contributed by atoms with E-state index in [1.54, 1.807) is 16.4 Å². The molecule has 2 aromatic rings. The number of alkyl halides is 1. The first-order chi connectivity index (χ1) is 7.72. The molecule has 2 rings (SSSR count). The van der Waals surface area contributed by atoms with E-state index < -0.39 is 0 Å². The fraction of sp³-hybridized carbons (Fsp3) is 0.273. The van der Waals surface area contributed by atoms with Gasteiger partial charge in [-0.05, 0) is 25.3 Å². The molecule has 1 unspecified atom stereocenters. The van der Waals surface area contributed by atoms with Crippen LogP contribution in [-0.2, 0) is 0 Å². The van der Waals surface area contributed by atoms with Crippen LogP contribution >= 0.6 is 23.4 Å². The lowest BCUT2D eigenvalue weighted by molar-refractivity contribution is 0.786. The van der Waals surface area contributed by atoms with Crippen LogP contribution < -0.4 is 0 Å². The van der Waals surface area contributed by atoms with Crippen molar-refractivity contribution in [3.05, 3.63) is 36.2 Å². The van der Waals surface area contributed by atoms with Gasteiger partial charge >= 0.3 is 0 Å². The van der Waals surface area contributed by atoms with E-state index in [1.807, 2.05) is 37.6 Å². The summed E-state index contributed by atoms with van der Waals surface area (Å²) in [6, 6.07) is 8.08. The average molecular weight is 254 g/mol.